The van der Waals surface area contributed by atoms with Crippen molar-refractivity contribution in [2.75, 3.05) is 5.32 Å². The smallest absolute Gasteiger partial charge is 0.227 e. The molecule has 8 heteroatoms. The SMILES string of the molecule is Cc1ccc2nc(-c3ccc(NC(=O)[C@H]4CC[C@H](NS(=O)(=O)C(C)C)CC4)cc3)sc2c1. The van der Waals surface area contributed by atoms with Crippen molar-refractivity contribution < 1.29 is 13.2 Å². The van der Waals surface area contributed by atoms with E-state index in [0.29, 0.717) is 25.7 Å². The van der Waals surface area contributed by atoms with E-state index in [1.54, 1.807) is 25.2 Å². The standard InChI is InChI=1S/C24H29N3O3S2/c1-15(2)32(29,30)27-20-11-5-17(6-12-20)23(28)25-19-9-7-18(8-10-19)24-26-21-13-4-16(3)14-22(21)31-24/h4,7-10,13-15,17,20,27H,5-6,11-12H2,1-3H3,(H,25,28)/t17-,20-. The van der Waals surface area contributed by atoms with Gasteiger partial charge in [-0.2, -0.15) is 0 Å². The van der Waals surface area contributed by atoms with Gasteiger partial charge in [-0.1, -0.05) is 6.07 Å². The van der Waals surface area contributed by atoms with Crippen molar-refractivity contribution in [2.24, 2.45) is 5.92 Å². The number of amides is 1. The number of anilines is 1. The number of thiazole rings is 1. The van der Waals surface area contributed by atoms with Crippen LogP contribution in [0.25, 0.3) is 20.8 Å². The number of nitrogens with zero attached hydrogens (tertiary/aromatic N) is 1. The molecule has 1 fully saturated rings. The van der Waals surface area contributed by atoms with Crippen molar-refractivity contribution in [2.45, 2.75) is 57.7 Å². The largest absolute Gasteiger partial charge is 0.326 e. The number of hydrogen-bond donors (Lipinski definition) is 2. The van der Waals surface area contributed by atoms with Gasteiger partial charge in [0.25, 0.3) is 0 Å². The molecule has 1 aromatic heterocycles. The lowest BCUT2D eigenvalue weighted by Crippen LogP contribution is -2.42. The molecular formula is C24H29N3O3S2. The van der Waals surface area contributed by atoms with Crippen molar-refractivity contribution in [1.82, 2.24) is 9.71 Å². The second-order valence-electron chi connectivity index (χ2n) is 8.82. The number of carbonyl (C=O) groups excluding carboxylic acids is 1. The fraction of sp³-hybridized carbons (Fsp3) is 0.417. The van der Waals surface area contributed by atoms with Crippen LogP contribution in [0.4, 0.5) is 5.69 Å². The lowest BCUT2D eigenvalue weighted by molar-refractivity contribution is -0.120. The Labute approximate surface area is 193 Å². The number of hydrogen-bond acceptors (Lipinski definition) is 5. The molecule has 0 radical (unpaired) electrons. The van der Waals surface area contributed by atoms with Crippen LogP contribution in [0.2, 0.25) is 0 Å². The number of aromatic nitrogens is 1. The minimum atomic E-state index is -3.28. The normalized spacial score (nSPS) is 19.4. The topological polar surface area (TPSA) is 88.2 Å². The van der Waals surface area contributed by atoms with Gasteiger partial charge in [-0.05, 0) is 88.4 Å². The van der Waals surface area contributed by atoms with Crippen LogP contribution in [0.3, 0.4) is 0 Å². The average Bonchev–Trinajstić information content (AvgIpc) is 3.17. The predicted molar refractivity (Wildman–Crippen MR) is 131 cm³/mol. The molecule has 1 amide bonds. The summed E-state index contributed by atoms with van der Waals surface area (Å²) in [6.45, 7) is 5.42. The summed E-state index contributed by atoms with van der Waals surface area (Å²) in [5.74, 6) is -0.0969. The number of nitrogens with one attached hydrogen (secondary N) is 2. The monoisotopic (exact) mass is 471 g/mol. The molecule has 1 aliphatic rings. The number of carbonyl (C=O) groups is 1. The van der Waals surface area contributed by atoms with Gasteiger partial charge < -0.3 is 5.32 Å². The van der Waals surface area contributed by atoms with E-state index in [4.69, 9.17) is 4.98 Å². The summed E-state index contributed by atoms with van der Waals surface area (Å²) >= 11 is 1.67. The van der Waals surface area contributed by atoms with Gasteiger partial charge in [0.05, 0.1) is 15.5 Å². The van der Waals surface area contributed by atoms with Crippen molar-refractivity contribution in [1.29, 1.82) is 0 Å². The first kappa shape index (κ1) is 22.9. The van der Waals surface area contributed by atoms with Crippen LogP contribution in [0.1, 0.15) is 45.1 Å². The average molecular weight is 472 g/mol. The Balaban J connectivity index is 1.34. The van der Waals surface area contributed by atoms with Crippen molar-refractivity contribution in [3.05, 3.63) is 48.0 Å². The van der Waals surface area contributed by atoms with Crippen LogP contribution in [-0.4, -0.2) is 30.6 Å². The van der Waals surface area contributed by atoms with Gasteiger partial charge >= 0.3 is 0 Å². The number of sulfonamides is 1. The Morgan fingerprint density at radius 1 is 1.06 bits per heavy atom. The molecule has 4 rings (SSSR count). The van der Waals surface area contributed by atoms with Crippen molar-refractivity contribution >= 4 is 43.2 Å². The molecule has 32 heavy (non-hydrogen) atoms. The van der Waals surface area contributed by atoms with Crippen molar-refractivity contribution in [3.8, 4) is 10.6 Å². The minimum absolute atomic E-state index is 0.00150. The Morgan fingerprint density at radius 3 is 2.41 bits per heavy atom. The zero-order valence-corrected chi connectivity index (χ0v) is 20.2. The van der Waals surface area contributed by atoms with E-state index in [1.165, 1.54) is 10.3 Å². The highest BCUT2D eigenvalue weighted by Gasteiger charge is 2.29. The van der Waals surface area contributed by atoms with Gasteiger partial charge in [-0.25, -0.2) is 18.1 Å². The molecule has 0 aliphatic heterocycles. The fourth-order valence-corrected chi connectivity index (χ4v) is 5.98. The quantitative estimate of drug-likeness (QED) is 0.524. The van der Waals surface area contributed by atoms with E-state index in [1.807, 2.05) is 30.3 Å². The third-order valence-corrected chi connectivity index (χ3v) is 8.96. The van der Waals surface area contributed by atoms with Crippen LogP contribution in [0.5, 0.6) is 0 Å². The molecule has 170 valence electrons. The van der Waals surface area contributed by atoms with Crippen LogP contribution in [-0.2, 0) is 14.8 Å². The second-order valence-corrected chi connectivity index (χ2v) is 12.1. The van der Waals surface area contributed by atoms with Crippen molar-refractivity contribution in [3.63, 3.8) is 0 Å². The Morgan fingerprint density at radius 2 is 1.75 bits per heavy atom. The lowest BCUT2D eigenvalue weighted by Gasteiger charge is -2.28. The molecule has 0 bridgehead atoms. The van der Waals surface area contributed by atoms with E-state index >= 15 is 0 Å². The van der Waals surface area contributed by atoms with E-state index in [0.717, 1.165) is 21.8 Å². The van der Waals surface area contributed by atoms with E-state index < -0.39 is 15.3 Å². The second kappa shape index (κ2) is 9.29. The van der Waals surface area contributed by atoms with Crippen LogP contribution in [0.15, 0.2) is 42.5 Å². The molecule has 2 aromatic carbocycles. The molecule has 0 atom stereocenters. The number of benzene rings is 2. The molecule has 1 heterocycles. The molecular weight excluding hydrogens is 442 g/mol. The third-order valence-electron chi connectivity index (χ3n) is 5.99. The van der Waals surface area contributed by atoms with Gasteiger partial charge in [0.15, 0.2) is 0 Å². The summed E-state index contributed by atoms with van der Waals surface area (Å²) in [6.07, 6.45) is 2.72. The third kappa shape index (κ3) is 5.19. The molecule has 2 N–H and O–H groups in total. The molecule has 1 saturated carbocycles. The zero-order chi connectivity index (χ0) is 22.9. The highest BCUT2D eigenvalue weighted by molar-refractivity contribution is 7.90. The molecule has 6 nitrogen and oxygen atoms in total. The maximum atomic E-state index is 12.7. The Kier molecular flexibility index (Phi) is 6.65. The Bertz CT molecular complexity index is 1210. The minimum Gasteiger partial charge on any atom is -0.326 e. The molecule has 0 spiro atoms. The van der Waals surface area contributed by atoms with Crippen LogP contribution < -0.4 is 10.0 Å². The van der Waals surface area contributed by atoms with E-state index in [9.17, 15) is 13.2 Å². The van der Waals surface area contributed by atoms with E-state index in [2.05, 4.69) is 29.1 Å². The zero-order valence-electron chi connectivity index (χ0n) is 18.6. The first-order valence-electron chi connectivity index (χ1n) is 11.0. The van der Waals surface area contributed by atoms with Crippen LogP contribution in [0, 0.1) is 12.8 Å². The number of rotatable bonds is 6. The van der Waals surface area contributed by atoms with Gasteiger partial charge in [-0.15, -0.1) is 11.3 Å². The summed E-state index contributed by atoms with van der Waals surface area (Å²) in [7, 11) is -3.28. The molecule has 0 unspecified atom stereocenters. The summed E-state index contributed by atoms with van der Waals surface area (Å²) in [5.41, 5.74) is 4.01. The summed E-state index contributed by atoms with van der Waals surface area (Å²) < 4.78 is 28.1. The van der Waals surface area contributed by atoms with Gasteiger partial charge in [0.2, 0.25) is 15.9 Å². The lowest BCUT2D eigenvalue weighted by atomic mass is 9.86. The van der Waals surface area contributed by atoms with Gasteiger partial charge in [0, 0.05) is 23.2 Å². The maximum absolute atomic E-state index is 12.7. The summed E-state index contributed by atoms with van der Waals surface area (Å²) in [6, 6.07) is 14.0. The molecule has 1 aliphatic carbocycles. The summed E-state index contributed by atoms with van der Waals surface area (Å²) in [4.78, 5) is 17.4. The number of fused-ring (bicyclic) bond motifs is 1. The fourth-order valence-electron chi connectivity index (χ4n) is 3.94. The van der Waals surface area contributed by atoms with Gasteiger partial charge in [-0.3, -0.25) is 4.79 Å². The van der Waals surface area contributed by atoms with Crippen LogP contribution >= 0.6 is 11.3 Å². The predicted octanol–water partition coefficient (Wildman–Crippen LogP) is 5.10. The molecule has 0 saturated heterocycles. The summed E-state index contributed by atoms with van der Waals surface area (Å²) in [5, 5.41) is 3.53. The maximum Gasteiger partial charge on any atom is 0.227 e. The molecule has 3 aromatic rings. The first-order valence-corrected chi connectivity index (χ1v) is 13.4. The number of aryl methyl sites for hydroxylation is 1. The first-order chi connectivity index (χ1) is 15.2. The van der Waals surface area contributed by atoms with Gasteiger partial charge in [0.1, 0.15) is 5.01 Å². The highest BCUT2D eigenvalue weighted by Crippen LogP contribution is 2.32. The Hall–Kier alpha value is -2.29. The highest BCUT2D eigenvalue weighted by atomic mass is 32.2. The van der Waals surface area contributed by atoms with E-state index in [-0.39, 0.29) is 17.9 Å².